The molecule has 0 radical (unpaired) electrons. The summed E-state index contributed by atoms with van der Waals surface area (Å²) in [6, 6.07) is 6.25. The number of rotatable bonds is 4. The summed E-state index contributed by atoms with van der Waals surface area (Å²) in [5, 5.41) is 2.74. The fraction of sp³-hybridized carbons (Fsp3) is 0.348. The summed E-state index contributed by atoms with van der Waals surface area (Å²) in [4.78, 5) is 34.2. The molecule has 2 aliphatic rings. The van der Waals surface area contributed by atoms with Crippen molar-refractivity contribution in [2.24, 2.45) is 0 Å². The zero-order valence-corrected chi connectivity index (χ0v) is 17.9. The van der Waals surface area contributed by atoms with E-state index >= 15 is 4.39 Å². The Balaban J connectivity index is 1.31. The molecule has 33 heavy (non-hydrogen) atoms. The fourth-order valence-electron chi connectivity index (χ4n) is 4.27. The first-order valence-electron chi connectivity index (χ1n) is 11.6. The molecule has 0 unspecified atom stereocenters. The first-order valence-corrected chi connectivity index (χ1v) is 10.6. The van der Waals surface area contributed by atoms with E-state index in [4.69, 9.17) is 7.48 Å². The molecule has 2 aromatic heterocycles. The second-order valence-corrected chi connectivity index (χ2v) is 7.99. The van der Waals surface area contributed by atoms with Crippen molar-refractivity contribution in [1.29, 1.82) is 0 Å². The molecule has 0 bridgehead atoms. The third-order valence-corrected chi connectivity index (χ3v) is 6.07. The van der Waals surface area contributed by atoms with E-state index in [1.54, 1.807) is 12.1 Å². The highest BCUT2D eigenvalue weighted by molar-refractivity contribution is 5.92. The smallest absolute Gasteiger partial charge is 0.269 e. The molecule has 0 aliphatic carbocycles. The Morgan fingerprint density at radius 2 is 2.03 bits per heavy atom. The van der Waals surface area contributed by atoms with Gasteiger partial charge in [-0.2, -0.15) is 4.39 Å². The number of nitrogens with one attached hydrogen (secondary N) is 2. The number of aromatic nitrogens is 2. The molecule has 0 spiro atoms. The fourth-order valence-corrected chi connectivity index (χ4v) is 4.27. The van der Waals surface area contributed by atoms with Gasteiger partial charge in [0.25, 0.3) is 11.5 Å². The van der Waals surface area contributed by atoms with Gasteiger partial charge < -0.3 is 19.9 Å². The summed E-state index contributed by atoms with van der Waals surface area (Å²) < 4.78 is 50.7. The number of ether oxygens (including phenoxy) is 1. The average molecular weight is 457 g/mol. The highest BCUT2D eigenvalue weighted by Crippen LogP contribution is 2.33. The molecule has 1 aromatic carbocycles. The minimum Gasteiger partial charge on any atom is -0.492 e. The Bertz CT molecular complexity index is 1390. The van der Waals surface area contributed by atoms with E-state index in [0.717, 1.165) is 0 Å². The van der Waals surface area contributed by atoms with Gasteiger partial charge in [-0.1, -0.05) is 6.07 Å². The molecular weight excluding hydrogens is 432 g/mol. The van der Waals surface area contributed by atoms with Crippen LogP contribution < -0.4 is 20.5 Å². The van der Waals surface area contributed by atoms with Gasteiger partial charge >= 0.3 is 0 Å². The lowest BCUT2D eigenvalue weighted by Gasteiger charge is -2.36. The first kappa shape index (κ1) is 19.0. The van der Waals surface area contributed by atoms with Crippen molar-refractivity contribution in [2.45, 2.75) is 13.0 Å². The largest absolute Gasteiger partial charge is 0.492 e. The van der Waals surface area contributed by atoms with E-state index in [1.807, 2.05) is 9.80 Å². The van der Waals surface area contributed by atoms with Crippen molar-refractivity contribution in [1.82, 2.24) is 20.2 Å². The average Bonchev–Trinajstić information content (AvgIpc) is 3.17. The van der Waals surface area contributed by atoms with Crippen LogP contribution in [0.25, 0.3) is 10.9 Å². The number of pyridine rings is 2. The van der Waals surface area contributed by atoms with Gasteiger partial charge in [0.1, 0.15) is 11.4 Å². The molecule has 0 saturated carbocycles. The Kier molecular flexibility index (Phi) is 4.85. The zero-order chi connectivity index (χ0) is 24.9. The number of carbonyl (C=O) groups is 1. The Morgan fingerprint density at radius 1 is 1.24 bits per heavy atom. The number of hydrogen-bond donors (Lipinski definition) is 2. The van der Waals surface area contributed by atoms with Crippen LogP contribution in [0, 0.1) is 11.8 Å². The van der Waals surface area contributed by atoms with Crippen molar-refractivity contribution >= 4 is 22.5 Å². The number of anilines is 1. The molecule has 8 nitrogen and oxygen atoms in total. The number of hydrogen-bond acceptors (Lipinski definition) is 6. The highest BCUT2D eigenvalue weighted by Gasteiger charge is 2.25. The predicted octanol–water partition coefficient (Wildman–Crippen LogP) is 1.82. The van der Waals surface area contributed by atoms with E-state index in [9.17, 15) is 14.0 Å². The molecule has 2 aliphatic heterocycles. The molecule has 1 fully saturated rings. The molecule has 1 saturated heterocycles. The third-order valence-electron chi connectivity index (χ3n) is 6.07. The minimum absolute atomic E-state index is 0.00407. The molecule has 0 atom stereocenters. The molecule has 172 valence electrons. The van der Waals surface area contributed by atoms with Gasteiger partial charge in [0.15, 0.2) is 5.82 Å². The highest BCUT2D eigenvalue weighted by atomic mass is 19.1. The van der Waals surface area contributed by atoms with Crippen LogP contribution in [-0.2, 0) is 13.0 Å². The predicted molar refractivity (Wildman–Crippen MR) is 119 cm³/mol. The number of amides is 1. The van der Waals surface area contributed by atoms with Crippen molar-refractivity contribution in [3.8, 4) is 5.75 Å². The summed E-state index contributed by atoms with van der Waals surface area (Å²) >= 11 is 0. The van der Waals surface area contributed by atoms with Crippen LogP contribution in [0.2, 0.25) is 0 Å². The van der Waals surface area contributed by atoms with E-state index < -0.39 is 29.8 Å². The maximum absolute atomic E-state index is 15.3. The van der Waals surface area contributed by atoms with Crippen molar-refractivity contribution in [2.75, 3.05) is 44.7 Å². The topological polar surface area (TPSA) is 90.6 Å². The number of fused-ring (bicyclic) bond motifs is 3. The van der Waals surface area contributed by atoms with Gasteiger partial charge in [-0.05, 0) is 18.2 Å². The zero-order valence-electron chi connectivity index (χ0n) is 19.9. The second kappa shape index (κ2) is 8.43. The maximum atomic E-state index is 15.3. The van der Waals surface area contributed by atoms with Crippen LogP contribution in [-0.4, -0.2) is 60.6 Å². The molecule has 1 amide bonds. The van der Waals surface area contributed by atoms with Crippen LogP contribution in [0.5, 0.6) is 5.75 Å². The summed E-state index contributed by atoms with van der Waals surface area (Å²) in [5.74, 6) is -1.68. The number of carbonyl (C=O) groups excluding carboxylic acids is 1. The standard InChI is InChI=1S/C23H23F2N5O3/c1-26-23(32)16-4-5-17(21(25)27-16)30-9-7-29(8-10-30)12-13-2-3-14-19(18(13)24)28-22(31)15-6-11-33-20(14)15/h2-5H,6-12H2,1H3,(H,26,32)(H,28,31)/i11D2. The lowest BCUT2D eigenvalue weighted by atomic mass is 10.1. The van der Waals surface area contributed by atoms with E-state index in [-0.39, 0.29) is 35.5 Å². The maximum Gasteiger partial charge on any atom is 0.269 e. The number of piperazine rings is 1. The monoisotopic (exact) mass is 457 g/mol. The molecule has 10 heteroatoms. The van der Waals surface area contributed by atoms with E-state index in [2.05, 4.69) is 15.3 Å². The van der Waals surface area contributed by atoms with Gasteiger partial charge in [-0.25, -0.2) is 9.37 Å². The van der Waals surface area contributed by atoms with Crippen LogP contribution in [0.15, 0.2) is 29.1 Å². The number of aromatic amines is 1. The Hall–Kier alpha value is -3.53. The molecule has 5 rings (SSSR count). The molecule has 2 N–H and O–H groups in total. The van der Waals surface area contributed by atoms with E-state index in [0.29, 0.717) is 42.8 Å². The van der Waals surface area contributed by atoms with Crippen molar-refractivity contribution in [3.63, 3.8) is 0 Å². The minimum atomic E-state index is -2.00. The summed E-state index contributed by atoms with van der Waals surface area (Å²) in [6.07, 6.45) is -0.189. The normalized spacial score (nSPS) is 18.5. The van der Waals surface area contributed by atoms with Gasteiger partial charge in [-0.3, -0.25) is 14.5 Å². The van der Waals surface area contributed by atoms with Crippen LogP contribution in [0.4, 0.5) is 14.5 Å². The first-order chi connectivity index (χ1) is 16.7. The third kappa shape index (κ3) is 3.80. The number of benzene rings is 1. The molecule has 3 aromatic rings. The lowest BCUT2D eigenvalue weighted by molar-refractivity contribution is 0.0957. The summed E-state index contributed by atoms with van der Waals surface area (Å²) in [7, 11) is 1.45. The molecule has 4 heterocycles. The van der Waals surface area contributed by atoms with Gasteiger partial charge in [0.05, 0.1) is 26.1 Å². The SMILES string of the molecule is [2H]C1([2H])Cc2c(c3ccc(CN4CCN(c5ccc(C(=O)NC)nc5F)CC4)c(F)c3[nH]c2=O)O1. The molecular formula is C23H23F2N5O3. The van der Waals surface area contributed by atoms with Gasteiger partial charge in [0.2, 0.25) is 5.95 Å². The number of nitrogens with zero attached hydrogens (tertiary/aromatic N) is 3. The quantitative estimate of drug-likeness (QED) is 0.581. The van der Waals surface area contributed by atoms with E-state index in [1.165, 1.54) is 19.2 Å². The van der Waals surface area contributed by atoms with Crippen LogP contribution in [0.3, 0.4) is 0 Å². The van der Waals surface area contributed by atoms with Crippen LogP contribution >= 0.6 is 0 Å². The second-order valence-electron chi connectivity index (χ2n) is 7.99. The number of halogens is 2. The van der Waals surface area contributed by atoms with Crippen molar-refractivity contribution < 1.29 is 21.1 Å². The number of H-pyrrole nitrogens is 1. The summed E-state index contributed by atoms with van der Waals surface area (Å²) in [6.45, 7) is 0.333. The lowest BCUT2D eigenvalue weighted by Crippen LogP contribution is -2.46. The van der Waals surface area contributed by atoms with Gasteiger partial charge in [0, 0.05) is 57.1 Å². The summed E-state index contributed by atoms with van der Waals surface area (Å²) in [5.41, 5.74) is 0.301. The Labute approximate surface area is 191 Å². The Morgan fingerprint density at radius 3 is 2.76 bits per heavy atom. The van der Waals surface area contributed by atoms with Crippen LogP contribution in [0.1, 0.15) is 24.4 Å². The van der Waals surface area contributed by atoms with Gasteiger partial charge in [-0.15, -0.1) is 0 Å². The van der Waals surface area contributed by atoms with Crippen molar-refractivity contribution in [3.05, 3.63) is 63.2 Å².